The van der Waals surface area contributed by atoms with Gasteiger partial charge in [-0.15, -0.1) is 0 Å². The molecule has 1 fully saturated rings. The highest BCUT2D eigenvalue weighted by atomic mass is 16.5. The fourth-order valence-electron chi connectivity index (χ4n) is 4.31. The number of benzene rings is 1. The molecule has 2 N–H and O–H groups in total. The third kappa shape index (κ3) is 4.11. The van der Waals surface area contributed by atoms with Crippen LogP contribution in [-0.2, 0) is 6.54 Å². The van der Waals surface area contributed by atoms with Crippen molar-refractivity contribution in [3.05, 3.63) is 58.9 Å². The van der Waals surface area contributed by atoms with Crippen LogP contribution in [0.2, 0.25) is 0 Å². The topological polar surface area (TPSA) is 111 Å². The predicted octanol–water partition coefficient (Wildman–Crippen LogP) is 3.99. The van der Waals surface area contributed by atoms with Crippen molar-refractivity contribution in [1.82, 2.24) is 25.3 Å². The number of carbonyl (C=O) groups excluding carboxylic acids is 1. The molecule has 2 aromatic heterocycles. The number of H-pyrrole nitrogens is 1. The molecule has 8 nitrogen and oxygen atoms in total. The number of nitrogens with zero attached hydrogens (tertiary/aromatic N) is 4. The molecule has 0 unspecified atom stereocenters. The van der Waals surface area contributed by atoms with Gasteiger partial charge in [-0.25, -0.2) is 4.98 Å². The van der Waals surface area contributed by atoms with E-state index < -0.39 is 0 Å². The van der Waals surface area contributed by atoms with Gasteiger partial charge in [-0.1, -0.05) is 5.16 Å². The number of carbonyl (C=O) groups is 1. The largest absolute Gasteiger partial charge is 0.383 e. The number of aromatic amines is 1. The molecule has 2 aliphatic rings. The molecule has 2 heterocycles. The number of hydrogen-bond donors (Lipinski definition) is 2. The van der Waals surface area contributed by atoms with E-state index in [1.807, 2.05) is 17.9 Å². The normalized spacial score (nSPS) is 18.2. The van der Waals surface area contributed by atoms with Crippen LogP contribution in [0.4, 0.5) is 0 Å². The number of aromatic nitrogens is 3. The Morgan fingerprint density at radius 3 is 3.00 bits per heavy atom. The number of imidazole rings is 1. The minimum absolute atomic E-state index is 0.00552. The Kier molecular flexibility index (Phi) is 5.39. The number of amides is 1. The molecule has 1 atom stereocenters. The zero-order valence-electron chi connectivity index (χ0n) is 18.1. The Morgan fingerprint density at radius 2 is 2.22 bits per heavy atom. The second kappa shape index (κ2) is 8.50. The Labute approximate surface area is 186 Å². The Hall–Kier alpha value is -3.60. The molecular weight excluding hydrogens is 404 g/mol. The van der Waals surface area contributed by atoms with Crippen LogP contribution in [-0.4, -0.2) is 38.5 Å². The maximum Gasteiger partial charge on any atom is 0.290 e. The van der Waals surface area contributed by atoms with Gasteiger partial charge in [-0.3, -0.25) is 4.79 Å². The van der Waals surface area contributed by atoms with Crippen molar-refractivity contribution in [3.8, 4) is 6.07 Å². The molecule has 164 valence electrons. The van der Waals surface area contributed by atoms with E-state index in [0.29, 0.717) is 41.4 Å². The summed E-state index contributed by atoms with van der Waals surface area (Å²) < 4.78 is 5.43. The summed E-state index contributed by atoms with van der Waals surface area (Å²) in [5.41, 5.74) is 3.96. The lowest BCUT2D eigenvalue weighted by molar-refractivity contribution is 0.0700. The van der Waals surface area contributed by atoms with E-state index in [2.05, 4.69) is 32.6 Å². The Morgan fingerprint density at radius 1 is 1.34 bits per heavy atom. The van der Waals surface area contributed by atoms with Crippen molar-refractivity contribution in [1.29, 1.82) is 5.26 Å². The highest BCUT2D eigenvalue weighted by Gasteiger charge is 2.28. The second-order valence-corrected chi connectivity index (χ2v) is 8.52. The molecule has 5 rings (SSSR count). The van der Waals surface area contributed by atoms with Gasteiger partial charge in [-0.2, -0.15) is 5.26 Å². The summed E-state index contributed by atoms with van der Waals surface area (Å²) in [6, 6.07) is 9.36. The van der Waals surface area contributed by atoms with Crippen LogP contribution in [0.15, 0.2) is 40.6 Å². The van der Waals surface area contributed by atoms with Crippen LogP contribution in [0.5, 0.6) is 0 Å². The highest BCUT2D eigenvalue weighted by Crippen LogP contribution is 2.40. The molecule has 1 amide bonds. The molecule has 0 spiro atoms. The number of nitriles is 1. The molecule has 0 radical (unpaired) electrons. The van der Waals surface area contributed by atoms with Crippen molar-refractivity contribution in [2.24, 2.45) is 0 Å². The Bertz CT molecular complexity index is 1210. The molecular formula is C24H26N6O2. The molecule has 0 aliphatic heterocycles. The summed E-state index contributed by atoms with van der Waals surface area (Å²) >= 11 is 0. The smallest absolute Gasteiger partial charge is 0.290 e. The summed E-state index contributed by atoms with van der Waals surface area (Å²) in [6.45, 7) is 3.19. The van der Waals surface area contributed by atoms with Crippen LogP contribution in [0.3, 0.4) is 0 Å². The average molecular weight is 431 g/mol. The third-order valence-corrected chi connectivity index (χ3v) is 6.21. The zero-order valence-corrected chi connectivity index (χ0v) is 18.1. The molecule has 1 aromatic carbocycles. The van der Waals surface area contributed by atoms with E-state index in [1.54, 1.807) is 18.2 Å². The van der Waals surface area contributed by atoms with Crippen LogP contribution in [0.1, 0.15) is 72.6 Å². The summed E-state index contributed by atoms with van der Waals surface area (Å²) in [6.07, 6.45) is 7.42. The Balaban J connectivity index is 1.29. The maximum atomic E-state index is 13.3. The first-order valence-electron chi connectivity index (χ1n) is 11.3. The lowest BCUT2D eigenvalue weighted by Crippen LogP contribution is -2.41. The van der Waals surface area contributed by atoms with E-state index in [0.717, 1.165) is 36.4 Å². The lowest BCUT2D eigenvalue weighted by Gasteiger charge is -2.31. The first-order valence-corrected chi connectivity index (χ1v) is 11.3. The van der Waals surface area contributed by atoms with Gasteiger partial charge in [0.2, 0.25) is 0 Å². The molecule has 2 aliphatic carbocycles. The van der Waals surface area contributed by atoms with Gasteiger partial charge in [0, 0.05) is 24.2 Å². The first kappa shape index (κ1) is 20.3. The number of nitrogens with one attached hydrogen (secondary N) is 2. The minimum atomic E-state index is -0.129. The van der Waals surface area contributed by atoms with Crippen LogP contribution in [0.25, 0.3) is 11.0 Å². The van der Waals surface area contributed by atoms with E-state index in [9.17, 15) is 4.79 Å². The number of rotatable bonds is 7. The zero-order chi connectivity index (χ0) is 22.1. The minimum Gasteiger partial charge on any atom is -0.383 e. The molecule has 3 aromatic rings. The highest BCUT2D eigenvalue weighted by molar-refractivity contribution is 5.94. The molecule has 8 heteroatoms. The number of hydrogen-bond acceptors (Lipinski definition) is 6. The van der Waals surface area contributed by atoms with Crippen molar-refractivity contribution in [3.63, 3.8) is 0 Å². The van der Waals surface area contributed by atoms with Crippen molar-refractivity contribution in [2.45, 2.75) is 57.5 Å². The summed E-state index contributed by atoms with van der Waals surface area (Å²) in [5, 5.41) is 16.7. The van der Waals surface area contributed by atoms with Crippen LogP contribution < -0.4 is 5.32 Å². The SMILES string of the molecule is CCN(C(=O)c1nc2ccc(C#N)cc2[nH]1)[C@@H]1C=C(NCc2cc(C3CC3)on2)CCC1. The van der Waals surface area contributed by atoms with Crippen LogP contribution >= 0.6 is 0 Å². The van der Waals surface area contributed by atoms with Gasteiger partial charge in [0.15, 0.2) is 5.82 Å². The van der Waals surface area contributed by atoms with E-state index >= 15 is 0 Å². The standard InChI is InChI=1S/C24H26N6O2/c1-2-30(24(31)23-27-20-9-6-15(13-25)10-21(20)28-23)19-5-3-4-17(11-19)26-14-18-12-22(32-29-18)16-7-8-16/h6,9-12,16,19,26H,2-5,7-8,14H2,1H3,(H,27,28)/t19-/m0/s1. The van der Waals surface area contributed by atoms with E-state index in [1.165, 1.54) is 12.8 Å². The quantitative estimate of drug-likeness (QED) is 0.586. The fourth-order valence-corrected chi connectivity index (χ4v) is 4.31. The molecule has 1 saturated carbocycles. The first-order chi connectivity index (χ1) is 15.6. The number of fused-ring (bicyclic) bond motifs is 1. The van der Waals surface area contributed by atoms with Gasteiger partial charge >= 0.3 is 0 Å². The molecule has 32 heavy (non-hydrogen) atoms. The summed E-state index contributed by atoms with van der Waals surface area (Å²) in [7, 11) is 0. The van der Waals surface area contributed by atoms with Gasteiger partial charge in [0.05, 0.1) is 35.3 Å². The molecule has 0 saturated heterocycles. The third-order valence-electron chi connectivity index (χ3n) is 6.21. The van der Waals surface area contributed by atoms with Gasteiger partial charge < -0.3 is 19.7 Å². The fraction of sp³-hybridized carbons (Fsp3) is 0.417. The van der Waals surface area contributed by atoms with E-state index in [-0.39, 0.29) is 11.9 Å². The molecule has 0 bridgehead atoms. The second-order valence-electron chi connectivity index (χ2n) is 8.52. The van der Waals surface area contributed by atoms with Crippen molar-refractivity contribution < 1.29 is 9.32 Å². The van der Waals surface area contributed by atoms with Crippen molar-refractivity contribution >= 4 is 16.9 Å². The summed E-state index contributed by atoms with van der Waals surface area (Å²) in [5.74, 6) is 1.73. The number of allylic oxidation sites excluding steroid dienone is 1. The maximum absolute atomic E-state index is 13.3. The monoisotopic (exact) mass is 430 g/mol. The van der Waals surface area contributed by atoms with Gasteiger partial charge in [-0.05, 0) is 63.3 Å². The van der Waals surface area contributed by atoms with Gasteiger partial charge in [0.25, 0.3) is 5.91 Å². The average Bonchev–Trinajstić information content (AvgIpc) is 3.40. The van der Waals surface area contributed by atoms with E-state index in [4.69, 9.17) is 9.78 Å². The van der Waals surface area contributed by atoms with Crippen LogP contribution in [0, 0.1) is 11.3 Å². The predicted molar refractivity (Wildman–Crippen MR) is 119 cm³/mol. The summed E-state index contributed by atoms with van der Waals surface area (Å²) in [4.78, 5) is 22.7. The van der Waals surface area contributed by atoms with Gasteiger partial charge in [0.1, 0.15) is 11.5 Å². The van der Waals surface area contributed by atoms with Crippen molar-refractivity contribution in [2.75, 3.05) is 6.54 Å². The number of likely N-dealkylation sites (N-methyl/N-ethyl adjacent to an activating group) is 1. The lowest BCUT2D eigenvalue weighted by atomic mass is 9.98.